The summed E-state index contributed by atoms with van der Waals surface area (Å²) >= 11 is 0. The summed E-state index contributed by atoms with van der Waals surface area (Å²) in [5.41, 5.74) is -1.53. The number of hydrogen-bond donors (Lipinski definition) is 2. The minimum Gasteiger partial charge on any atom is -0.462 e. The second kappa shape index (κ2) is 5.17. The number of esters is 1. The van der Waals surface area contributed by atoms with E-state index in [1.165, 1.54) is 0 Å². The van der Waals surface area contributed by atoms with Crippen LogP contribution in [0, 0.1) is 0 Å². The van der Waals surface area contributed by atoms with Crippen LogP contribution < -0.4 is 0 Å². The molecule has 0 amide bonds. The summed E-state index contributed by atoms with van der Waals surface area (Å²) in [6, 6.07) is 0. The molecule has 18 heavy (non-hydrogen) atoms. The van der Waals surface area contributed by atoms with Crippen LogP contribution in [-0.2, 0) is 9.53 Å². The number of carbonyl (C=O) groups excluding carboxylic acids is 1. The van der Waals surface area contributed by atoms with Crippen molar-refractivity contribution in [3.63, 3.8) is 0 Å². The van der Waals surface area contributed by atoms with Gasteiger partial charge in [-0.05, 0) is 38.5 Å². The molecular weight excluding hydrogens is 232 g/mol. The van der Waals surface area contributed by atoms with Gasteiger partial charge in [-0.3, -0.25) is 4.79 Å². The van der Waals surface area contributed by atoms with E-state index in [-0.39, 0.29) is 12.1 Å². The Balaban J connectivity index is 1.96. The monoisotopic (exact) mass is 256 g/mol. The number of hydrogen-bond acceptors (Lipinski definition) is 4. The van der Waals surface area contributed by atoms with E-state index in [2.05, 4.69) is 0 Å². The van der Waals surface area contributed by atoms with E-state index < -0.39 is 11.2 Å². The van der Waals surface area contributed by atoms with Gasteiger partial charge < -0.3 is 14.9 Å². The molecule has 2 rings (SSSR count). The van der Waals surface area contributed by atoms with Gasteiger partial charge >= 0.3 is 5.97 Å². The van der Waals surface area contributed by atoms with Crippen LogP contribution in [0.15, 0.2) is 0 Å². The van der Waals surface area contributed by atoms with E-state index in [0.29, 0.717) is 38.5 Å². The molecule has 2 aliphatic rings. The average Bonchev–Trinajstić information content (AvgIpc) is 2.55. The van der Waals surface area contributed by atoms with Gasteiger partial charge in [0.25, 0.3) is 0 Å². The molecule has 3 atom stereocenters. The molecule has 2 N–H and O–H groups in total. The standard InChI is InChI=1S/C14H24O4/c1-2-4-12(15)18-11-5-3-6-13(16)7-8-14(17,9-11)10-13/h11,16-17H,2-10H2,1H3. The van der Waals surface area contributed by atoms with Crippen molar-refractivity contribution in [2.45, 2.75) is 82.0 Å². The fourth-order valence-corrected chi connectivity index (χ4v) is 3.38. The number of fused-ring (bicyclic) bond motifs is 2. The Bertz CT molecular complexity index is 317. The number of carbonyl (C=O) groups is 1. The maximum absolute atomic E-state index is 11.5. The Morgan fingerprint density at radius 3 is 2.72 bits per heavy atom. The zero-order chi connectivity index (χ0) is 13.2. The van der Waals surface area contributed by atoms with E-state index in [1.54, 1.807) is 0 Å². The lowest BCUT2D eigenvalue weighted by Crippen LogP contribution is -2.38. The fraction of sp³-hybridized carbons (Fsp3) is 0.929. The van der Waals surface area contributed by atoms with Gasteiger partial charge in [0.15, 0.2) is 0 Å². The molecule has 4 nitrogen and oxygen atoms in total. The molecule has 0 aromatic carbocycles. The molecule has 2 fully saturated rings. The van der Waals surface area contributed by atoms with Crippen LogP contribution >= 0.6 is 0 Å². The van der Waals surface area contributed by atoms with Gasteiger partial charge in [-0.25, -0.2) is 0 Å². The van der Waals surface area contributed by atoms with E-state index >= 15 is 0 Å². The van der Waals surface area contributed by atoms with Gasteiger partial charge in [-0.15, -0.1) is 0 Å². The van der Waals surface area contributed by atoms with Gasteiger partial charge in [0.2, 0.25) is 0 Å². The Morgan fingerprint density at radius 1 is 1.28 bits per heavy atom. The molecule has 2 bridgehead atoms. The van der Waals surface area contributed by atoms with E-state index in [4.69, 9.17) is 4.74 Å². The van der Waals surface area contributed by atoms with E-state index in [1.807, 2.05) is 6.92 Å². The van der Waals surface area contributed by atoms with Crippen molar-refractivity contribution in [3.8, 4) is 0 Å². The molecule has 2 aliphatic carbocycles. The smallest absolute Gasteiger partial charge is 0.306 e. The van der Waals surface area contributed by atoms with Crippen LogP contribution in [0.4, 0.5) is 0 Å². The quantitative estimate of drug-likeness (QED) is 0.757. The van der Waals surface area contributed by atoms with Crippen molar-refractivity contribution in [1.82, 2.24) is 0 Å². The minimum absolute atomic E-state index is 0.167. The summed E-state index contributed by atoms with van der Waals surface area (Å²) in [6.07, 6.45) is 5.55. The Kier molecular flexibility index (Phi) is 3.97. The van der Waals surface area contributed by atoms with Crippen LogP contribution in [0.1, 0.15) is 64.7 Å². The van der Waals surface area contributed by atoms with Gasteiger partial charge in [0.05, 0.1) is 11.2 Å². The maximum Gasteiger partial charge on any atom is 0.306 e. The predicted molar refractivity (Wildman–Crippen MR) is 67.0 cm³/mol. The van der Waals surface area contributed by atoms with Crippen molar-refractivity contribution >= 4 is 5.97 Å². The number of ether oxygens (including phenoxy) is 1. The Morgan fingerprint density at radius 2 is 2.00 bits per heavy atom. The molecule has 0 heterocycles. The van der Waals surface area contributed by atoms with Gasteiger partial charge in [0.1, 0.15) is 6.10 Å². The zero-order valence-corrected chi connectivity index (χ0v) is 11.2. The molecule has 104 valence electrons. The first-order valence-corrected chi connectivity index (χ1v) is 7.09. The fourth-order valence-electron chi connectivity index (χ4n) is 3.38. The van der Waals surface area contributed by atoms with Crippen molar-refractivity contribution in [1.29, 1.82) is 0 Å². The summed E-state index contributed by atoms with van der Waals surface area (Å²) in [4.78, 5) is 11.5. The highest BCUT2D eigenvalue weighted by Crippen LogP contribution is 2.45. The SMILES string of the molecule is CCCC(=O)OC1CCCC2(O)CCC(O)(C1)C2. The second-order valence-electron chi connectivity index (χ2n) is 6.08. The zero-order valence-electron chi connectivity index (χ0n) is 11.2. The Labute approximate surface area is 108 Å². The Hall–Kier alpha value is -0.610. The number of rotatable bonds is 3. The lowest BCUT2D eigenvalue weighted by atomic mass is 9.84. The van der Waals surface area contributed by atoms with Crippen molar-refractivity contribution in [3.05, 3.63) is 0 Å². The molecule has 0 aromatic heterocycles. The third-order valence-electron chi connectivity index (χ3n) is 4.24. The van der Waals surface area contributed by atoms with E-state index in [9.17, 15) is 15.0 Å². The molecule has 3 unspecified atom stereocenters. The molecule has 0 aromatic rings. The third-order valence-corrected chi connectivity index (χ3v) is 4.24. The molecule has 2 saturated carbocycles. The summed E-state index contributed by atoms with van der Waals surface area (Å²) in [6.45, 7) is 1.95. The summed E-state index contributed by atoms with van der Waals surface area (Å²) in [5.74, 6) is -0.167. The topological polar surface area (TPSA) is 66.8 Å². The van der Waals surface area contributed by atoms with Crippen molar-refractivity contribution < 1.29 is 19.7 Å². The average molecular weight is 256 g/mol. The minimum atomic E-state index is -0.841. The highest BCUT2D eigenvalue weighted by Gasteiger charge is 2.48. The predicted octanol–water partition coefficient (Wildman–Crippen LogP) is 1.92. The molecule has 0 saturated heterocycles. The first-order chi connectivity index (χ1) is 8.45. The van der Waals surface area contributed by atoms with Crippen LogP contribution in [0.2, 0.25) is 0 Å². The van der Waals surface area contributed by atoms with Crippen LogP contribution in [0.5, 0.6) is 0 Å². The molecular formula is C14H24O4. The van der Waals surface area contributed by atoms with E-state index in [0.717, 1.165) is 19.3 Å². The summed E-state index contributed by atoms with van der Waals surface area (Å²) in [7, 11) is 0. The molecule has 0 spiro atoms. The summed E-state index contributed by atoms with van der Waals surface area (Å²) < 4.78 is 5.44. The molecule has 0 radical (unpaired) electrons. The molecule has 4 heteroatoms. The highest BCUT2D eigenvalue weighted by atomic mass is 16.5. The normalized spacial score (nSPS) is 40.1. The lowest BCUT2D eigenvalue weighted by Gasteiger charge is -2.33. The second-order valence-corrected chi connectivity index (χ2v) is 6.08. The van der Waals surface area contributed by atoms with Crippen LogP contribution in [-0.4, -0.2) is 33.5 Å². The third kappa shape index (κ3) is 3.23. The van der Waals surface area contributed by atoms with Gasteiger partial charge in [-0.1, -0.05) is 6.92 Å². The van der Waals surface area contributed by atoms with Crippen molar-refractivity contribution in [2.75, 3.05) is 0 Å². The highest BCUT2D eigenvalue weighted by molar-refractivity contribution is 5.69. The van der Waals surface area contributed by atoms with Crippen LogP contribution in [0.3, 0.4) is 0 Å². The molecule has 0 aliphatic heterocycles. The maximum atomic E-state index is 11.5. The van der Waals surface area contributed by atoms with Crippen LogP contribution in [0.25, 0.3) is 0 Å². The van der Waals surface area contributed by atoms with Gasteiger partial charge in [0, 0.05) is 19.3 Å². The lowest BCUT2D eigenvalue weighted by molar-refractivity contribution is -0.153. The van der Waals surface area contributed by atoms with Crippen molar-refractivity contribution in [2.24, 2.45) is 0 Å². The van der Waals surface area contributed by atoms with Gasteiger partial charge in [-0.2, -0.15) is 0 Å². The number of aliphatic hydroxyl groups is 2. The first-order valence-electron chi connectivity index (χ1n) is 7.09. The summed E-state index contributed by atoms with van der Waals surface area (Å²) in [5, 5.41) is 20.7. The largest absolute Gasteiger partial charge is 0.462 e. The first kappa shape index (κ1) is 13.8.